The molecule has 2 N–H and O–H groups in total. The molecule has 5 heteroatoms. The van der Waals surface area contributed by atoms with Crippen molar-refractivity contribution in [3.8, 4) is 0 Å². The van der Waals surface area contributed by atoms with Crippen LogP contribution in [0.3, 0.4) is 0 Å². The van der Waals surface area contributed by atoms with Crippen LogP contribution >= 0.6 is 0 Å². The molecule has 1 aliphatic carbocycles. The second-order valence-electron chi connectivity index (χ2n) is 7.76. The van der Waals surface area contributed by atoms with E-state index in [0.717, 1.165) is 22.4 Å². The number of nitrogens with one attached hydrogen (secondary N) is 2. The predicted molar refractivity (Wildman–Crippen MR) is 108 cm³/mol. The Morgan fingerprint density at radius 3 is 2.00 bits per heavy atom. The van der Waals surface area contributed by atoms with E-state index in [-0.39, 0.29) is 29.5 Å². The second-order valence-corrected chi connectivity index (χ2v) is 7.76. The molecule has 0 bridgehead atoms. The first-order valence-electron chi connectivity index (χ1n) is 9.82. The van der Waals surface area contributed by atoms with Crippen LogP contribution in [0.1, 0.15) is 42.4 Å². The molecule has 2 amide bonds. The van der Waals surface area contributed by atoms with Crippen molar-refractivity contribution in [1.29, 1.82) is 0 Å². The van der Waals surface area contributed by atoms with Crippen molar-refractivity contribution in [2.24, 2.45) is 11.8 Å². The van der Waals surface area contributed by atoms with Gasteiger partial charge in [-0.25, -0.2) is 4.39 Å². The first-order chi connectivity index (χ1) is 13.4. The summed E-state index contributed by atoms with van der Waals surface area (Å²) in [6.45, 7) is 4.42. The normalized spacial score (nSPS) is 19.1. The molecular weight excluding hydrogens is 355 g/mol. The molecule has 2 aromatic carbocycles. The molecule has 0 radical (unpaired) electrons. The summed E-state index contributed by atoms with van der Waals surface area (Å²) in [4.78, 5) is 25.0. The number of benzene rings is 2. The summed E-state index contributed by atoms with van der Waals surface area (Å²) in [5, 5.41) is 5.94. The van der Waals surface area contributed by atoms with Crippen LogP contribution in [0.15, 0.2) is 42.5 Å². The van der Waals surface area contributed by atoms with Gasteiger partial charge < -0.3 is 10.6 Å². The monoisotopic (exact) mass is 382 g/mol. The molecule has 1 fully saturated rings. The average molecular weight is 382 g/mol. The van der Waals surface area contributed by atoms with Gasteiger partial charge in [0.25, 0.3) is 0 Å². The number of anilines is 1. The second kappa shape index (κ2) is 9.00. The number of hydrogen-bond donors (Lipinski definition) is 2. The number of rotatable bonds is 5. The third kappa shape index (κ3) is 5.41. The number of amides is 2. The van der Waals surface area contributed by atoms with Crippen molar-refractivity contribution in [3.05, 3.63) is 65.0 Å². The van der Waals surface area contributed by atoms with Crippen LogP contribution in [0.25, 0.3) is 0 Å². The quantitative estimate of drug-likeness (QED) is 0.800. The number of aryl methyl sites for hydroxylation is 2. The smallest absolute Gasteiger partial charge is 0.227 e. The van der Waals surface area contributed by atoms with E-state index in [9.17, 15) is 14.0 Å². The van der Waals surface area contributed by atoms with E-state index < -0.39 is 0 Å². The molecule has 1 saturated carbocycles. The van der Waals surface area contributed by atoms with E-state index in [2.05, 4.69) is 16.7 Å². The Balaban J connectivity index is 1.46. The van der Waals surface area contributed by atoms with E-state index in [4.69, 9.17) is 0 Å². The van der Waals surface area contributed by atoms with Crippen molar-refractivity contribution in [1.82, 2.24) is 5.32 Å². The van der Waals surface area contributed by atoms with Gasteiger partial charge in [0.15, 0.2) is 0 Å². The summed E-state index contributed by atoms with van der Waals surface area (Å²) in [5.74, 6) is -0.354. The lowest BCUT2D eigenvalue weighted by Gasteiger charge is -2.27. The van der Waals surface area contributed by atoms with Crippen LogP contribution in [0.2, 0.25) is 0 Å². The van der Waals surface area contributed by atoms with Crippen molar-refractivity contribution in [3.63, 3.8) is 0 Å². The lowest BCUT2D eigenvalue weighted by atomic mass is 9.81. The number of carbonyl (C=O) groups is 2. The van der Waals surface area contributed by atoms with Gasteiger partial charge in [-0.2, -0.15) is 0 Å². The minimum atomic E-state index is -0.285. The highest BCUT2D eigenvalue weighted by Gasteiger charge is 2.29. The lowest BCUT2D eigenvalue weighted by Crippen LogP contribution is -2.35. The van der Waals surface area contributed by atoms with Gasteiger partial charge >= 0.3 is 0 Å². The third-order valence-electron chi connectivity index (χ3n) is 5.34. The van der Waals surface area contributed by atoms with Crippen LogP contribution in [-0.2, 0) is 16.1 Å². The number of halogens is 1. The predicted octanol–water partition coefficient (Wildman–Crippen LogP) is 4.50. The first-order valence-corrected chi connectivity index (χ1v) is 9.82. The molecule has 0 aliphatic heterocycles. The molecule has 0 heterocycles. The van der Waals surface area contributed by atoms with Gasteiger partial charge in [0.1, 0.15) is 5.82 Å². The van der Waals surface area contributed by atoms with Crippen molar-refractivity contribution >= 4 is 17.5 Å². The highest BCUT2D eigenvalue weighted by molar-refractivity contribution is 5.93. The van der Waals surface area contributed by atoms with E-state index in [1.54, 1.807) is 12.1 Å². The summed E-state index contributed by atoms with van der Waals surface area (Å²) in [7, 11) is 0. The minimum Gasteiger partial charge on any atom is -0.352 e. The topological polar surface area (TPSA) is 58.2 Å². The zero-order valence-electron chi connectivity index (χ0n) is 16.4. The van der Waals surface area contributed by atoms with E-state index in [1.165, 1.54) is 12.1 Å². The molecule has 1 aliphatic rings. The maximum Gasteiger partial charge on any atom is 0.227 e. The van der Waals surface area contributed by atoms with Crippen LogP contribution in [0.4, 0.5) is 10.1 Å². The van der Waals surface area contributed by atoms with Gasteiger partial charge in [-0.1, -0.05) is 18.2 Å². The van der Waals surface area contributed by atoms with Gasteiger partial charge in [-0.3, -0.25) is 9.59 Å². The number of hydrogen-bond acceptors (Lipinski definition) is 2. The maximum absolute atomic E-state index is 12.9. The summed E-state index contributed by atoms with van der Waals surface area (Å²) in [5.41, 5.74) is 3.95. The molecule has 0 atom stereocenters. The van der Waals surface area contributed by atoms with Crippen LogP contribution in [0.5, 0.6) is 0 Å². The summed E-state index contributed by atoms with van der Waals surface area (Å²) in [6, 6.07) is 12.1. The van der Waals surface area contributed by atoms with Gasteiger partial charge in [0, 0.05) is 24.1 Å². The summed E-state index contributed by atoms with van der Waals surface area (Å²) >= 11 is 0. The Bertz CT molecular complexity index is 820. The Labute approximate surface area is 165 Å². The summed E-state index contributed by atoms with van der Waals surface area (Å²) in [6.07, 6.45) is 2.84. The maximum atomic E-state index is 12.9. The van der Waals surface area contributed by atoms with E-state index >= 15 is 0 Å². The molecular formula is C23H27FN2O2. The highest BCUT2D eigenvalue weighted by atomic mass is 19.1. The zero-order valence-corrected chi connectivity index (χ0v) is 16.4. The molecule has 4 nitrogen and oxygen atoms in total. The average Bonchev–Trinajstić information content (AvgIpc) is 2.66. The fourth-order valence-electron chi connectivity index (χ4n) is 3.84. The zero-order chi connectivity index (χ0) is 20.1. The fraction of sp³-hybridized carbons (Fsp3) is 0.391. The van der Waals surface area contributed by atoms with E-state index in [0.29, 0.717) is 32.2 Å². The Kier molecular flexibility index (Phi) is 6.45. The lowest BCUT2D eigenvalue weighted by molar-refractivity contribution is -0.128. The van der Waals surface area contributed by atoms with Crippen LogP contribution in [0, 0.1) is 31.5 Å². The number of carbonyl (C=O) groups excluding carboxylic acids is 2. The van der Waals surface area contributed by atoms with Crippen LogP contribution in [-0.4, -0.2) is 11.8 Å². The standard InChI is InChI=1S/C23H27FN2O2/c1-15-11-16(2)13-21(12-15)26-23(28)19-7-5-18(6-8-19)22(27)25-14-17-3-9-20(24)10-4-17/h3-4,9-13,18-19H,5-8,14H2,1-2H3,(H,25,27)(H,26,28). The summed E-state index contributed by atoms with van der Waals surface area (Å²) < 4.78 is 12.9. The molecule has 3 rings (SSSR count). The molecule has 0 spiro atoms. The molecule has 2 aromatic rings. The fourth-order valence-corrected chi connectivity index (χ4v) is 3.84. The SMILES string of the molecule is Cc1cc(C)cc(NC(=O)C2CCC(C(=O)NCc3ccc(F)cc3)CC2)c1. The van der Waals surface area contributed by atoms with E-state index in [1.807, 2.05) is 26.0 Å². The molecule has 28 heavy (non-hydrogen) atoms. The van der Waals surface area contributed by atoms with Crippen molar-refractivity contribution in [2.45, 2.75) is 46.1 Å². The van der Waals surface area contributed by atoms with Gasteiger partial charge in [-0.15, -0.1) is 0 Å². The Hall–Kier alpha value is -2.69. The van der Waals surface area contributed by atoms with Crippen molar-refractivity contribution in [2.75, 3.05) is 5.32 Å². The highest BCUT2D eigenvalue weighted by Crippen LogP contribution is 2.30. The van der Waals surface area contributed by atoms with Crippen LogP contribution < -0.4 is 10.6 Å². The van der Waals surface area contributed by atoms with Gasteiger partial charge in [-0.05, 0) is 80.5 Å². The Morgan fingerprint density at radius 1 is 0.893 bits per heavy atom. The largest absolute Gasteiger partial charge is 0.352 e. The minimum absolute atomic E-state index is 0.0116. The molecule has 0 aromatic heterocycles. The third-order valence-corrected chi connectivity index (χ3v) is 5.34. The first kappa shape index (κ1) is 20.1. The van der Waals surface area contributed by atoms with Gasteiger partial charge in [0.2, 0.25) is 11.8 Å². The van der Waals surface area contributed by atoms with Crippen molar-refractivity contribution < 1.29 is 14.0 Å². The molecule has 148 valence electrons. The van der Waals surface area contributed by atoms with Gasteiger partial charge in [0.05, 0.1) is 0 Å². The Morgan fingerprint density at radius 2 is 1.43 bits per heavy atom. The molecule has 0 saturated heterocycles. The molecule has 0 unspecified atom stereocenters.